The molecule has 4 heteroatoms. The van der Waals surface area contributed by atoms with Gasteiger partial charge in [0.2, 0.25) is 5.91 Å². The molecular weight excluding hydrogens is 324 g/mol. The molecule has 142 valence electrons. The number of carbonyl (C=O) groups excluding carboxylic acids is 1. The van der Waals surface area contributed by atoms with Crippen LogP contribution in [-0.4, -0.2) is 40.1 Å². The van der Waals surface area contributed by atoms with E-state index in [0.717, 1.165) is 13.1 Å². The predicted molar refractivity (Wildman–Crippen MR) is 102 cm³/mol. The van der Waals surface area contributed by atoms with Gasteiger partial charge in [-0.15, -0.1) is 0 Å². The fourth-order valence-electron chi connectivity index (χ4n) is 4.96. The van der Waals surface area contributed by atoms with Gasteiger partial charge in [0.15, 0.2) is 0 Å². The van der Waals surface area contributed by atoms with E-state index in [1.807, 2.05) is 11.1 Å². The number of aromatic nitrogens is 1. The van der Waals surface area contributed by atoms with Crippen molar-refractivity contribution in [1.29, 1.82) is 0 Å². The molecule has 1 N–H and O–H groups in total. The SMILES string of the molecule is CC(C)(C)c1cc(C2CCC3(CC2)CN(C(=O)[C@H]2C[C@@H](O)C2)C3)ccn1. The molecule has 4 rings (SSSR count). The molecule has 1 aliphatic heterocycles. The Morgan fingerprint density at radius 3 is 2.46 bits per heavy atom. The first-order chi connectivity index (χ1) is 12.3. The normalized spacial score (nSPS) is 28.5. The average molecular weight is 357 g/mol. The van der Waals surface area contributed by atoms with Gasteiger partial charge in [-0.3, -0.25) is 9.78 Å². The number of aliphatic hydroxyl groups excluding tert-OH is 1. The molecule has 0 aromatic carbocycles. The summed E-state index contributed by atoms with van der Waals surface area (Å²) in [6.07, 6.45) is 7.95. The van der Waals surface area contributed by atoms with Crippen LogP contribution >= 0.6 is 0 Å². The summed E-state index contributed by atoms with van der Waals surface area (Å²) in [5, 5.41) is 9.41. The lowest BCUT2D eigenvalue weighted by molar-refractivity contribution is -0.157. The number of aliphatic hydroxyl groups is 1. The van der Waals surface area contributed by atoms with Crippen molar-refractivity contribution >= 4 is 5.91 Å². The van der Waals surface area contributed by atoms with Gasteiger partial charge >= 0.3 is 0 Å². The van der Waals surface area contributed by atoms with E-state index in [1.165, 1.54) is 36.9 Å². The summed E-state index contributed by atoms with van der Waals surface area (Å²) >= 11 is 0. The van der Waals surface area contributed by atoms with Crippen LogP contribution in [0.3, 0.4) is 0 Å². The standard InChI is InChI=1S/C22H32N2O2/c1-21(2,3)19-12-16(6-9-23-19)15-4-7-22(8-5-15)13-24(14-22)20(26)17-10-18(25)11-17/h6,9,12,15,17-18,25H,4-5,7-8,10-11,13-14H2,1-3H3/t17-,18+. The van der Waals surface area contributed by atoms with E-state index in [-0.39, 0.29) is 23.3 Å². The van der Waals surface area contributed by atoms with Crippen LogP contribution in [-0.2, 0) is 10.2 Å². The number of nitrogens with zero attached hydrogens (tertiary/aromatic N) is 2. The Hall–Kier alpha value is -1.42. The maximum atomic E-state index is 12.4. The second kappa shape index (κ2) is 6.33. The maximum absolute atomic E-state index is 12.4. The van der Waals surface area contributed by atoms with E-state index < -0.39 is 0 Å². The zero-order valence-corrected chi connectivity index (χ0v) is 16.4. The molecule has 1 saturated heterocycles. The third-order valence-electron chi connectivity index (χ3n) is 6.90. The zero-order valence-electron chi connectivity index (χ0n) is 16.4. The molecule has 0 atom stereocenters. The van der Waals surface area contributed by atoms with Gasteiger partial charge in [0.1, 0.15) is 0 Å². The van der Waals surface area contributed by atoms with Crippen LogP contribution in [0.4, 0.5) is 0 Å². The minimum atomic E-state index is -0.243. The van der Waals surface area contributed by atoms with Gasteiger partial charge in [-0.25, -0.2) is 0 Å². The highest BCUT2D eigenvalue weighted by Crippen LogP contribution is 2.49. The van der Waals surface area contributed by atoms with Gasteiger partial charge in [-0.05, 0) is 62.1 Å². The number of likely N-dealkylation sites (tertiary alicyclic amines) is 1. The molecular formula is C22H32N2O2. The Balaban J connectivity index is 1.32. The fourth-order valence-corrected chi connectivity index (χ4v) is 4.96. The molecule has 2 aliphatic carbocycles. The summed E-state index contributed by atoms with van der Waals surface area (Å²) in [5.41, 5.74) is 3.08. The zero-order chi connectivity index (χ0) is 18.5. The maximum Gasteiger partial charge on any atom is 0.225 e. The minimum absolute atomic E-state index is 0.0892. The second-order valence-electron chi connectivity index (χ2n) is 10.0. The van der Waals surface area contributed by atoms with Crippen molar-refractivity contribution in [3.05, 3.63) is 29.6 Å². The van der Waals surface area contributed by atoms with Crippen LogP contribution < -0.4 is 0 Å². The van der Waals surface area contributed by atoms with E-state index in [0.29, 0.717) is 24.2 Å². The first kappa shape index (κ1) is 18.0. The van der Waals surface area contributed by atoms with Crippen LogP contribution in [0.15, 0.2) is 18.3 Å². The van der Waals surface area contributed by atoms with Crippen molar-refractivity contribution in [2.45, 2.75) is 76.7 Å². The van der Waals surface area contributed by atoms with Crippen molar-refractivity contribution in [1.82, 2.24) is 9.88 Å². The molecule has 1 amide bonds. The number of carbonyl (C=O) groups is 1. The molecule has 3 fully saturated rings. The fraction of sp³-hybridized carbons (Fsp3) is 0.727. The highest BCUT2D eigenvalue weighted by Gasteiger charge is 2.49. The lowest BCUT2D eigenvalue weighted by Gasteiger charge is -2.55. The van der Waals surface area contributed by atoms with Crippen LogP contribution in [0.5, 0.6) is 0 Å². The van der Waals surface area contributed by atoms with E-state index in [4.69, 9.17) is 0 Å². The largest absolute Gasteiger partial charge is 0.393 e. The average Bonchev–Trinajstić information content (AvgIpc) is 2.56. The Morgan fingerprint density at radius 1 is 1.23 bits per heavy atom. The van der Waals surface area contributed by atoms with Gasteiger partial charge in [0.25, 0.3) is 0 Å². The van der Waals surface area contributed by atoms with Crippen molar-refractivity contribution in [3.8, 4) is 0 Å². The number of pyridine rings is 1. The van der Waals surface area contributed by atoms with E-state index in [2.05, 4.69) is 37.9 Å². The molecule has 2 heterocycles. The molecule has 0 bridgehead atoms. The summed E-state index contributed by atoms with van der Waals surface area (Å²) < 4.78 is 0. The van der Waals surface area contributed by atoms with Gasteiger partial charge in [0, 0.05) is 41.7 Å². The summed E-state index contributed by atoms with van der Waals surface area (Å²) in [6.45, 7) is 8.53. The minimum Gasteiger partial charge on any atom is -0.393 e. The lowest BCUT2D eigenvalue weighted by atomic mass is 9.64. The van der Waals surface area contributed by atoms with Gasteiger partial charge < -0.3 is 10.0 Å². The summed E-state index contributed by atoms with van der Waals surface area (Å²) in [5.74, 6) is 1.01. The molecule has 1 aromatic heterocycles. The van der Waals surface area contributed by atoms with Crippen LogP contribution in [0.1, 0.15) is 76.5 Å². The van der Waals surface area contributed by atoms with E-state index >= 15 is 0 Å². The monoisotopic (exact) mass is 356 g/mol. The van der Waals surface area contributed by atoms with Crippen LogP contribution in [0.25, 0.3) is 0 Å². The highest BCUT2D eigenvalue weighted by atomic mass is 16.3. The smallest absolute Gasteiger partial charge is 0.225 e. The van der Waals surface area contributed by atoms with E-state index in [1.54, 1.807) is 0 Å². The number of amides is 1. The van der Waals surface area contributed by atoms with Gasteiger partial charge in [-0.2, -0.15) is 0 Å². The molecule has 1 aromatic rings. The van der Waals surface area contributed by atoms with Crippen molar-refractivity contribution < 1.29 is 9.90 Å². The molecule has 0 radical (unpaired) electrons. The Bertz CT molecular complexity index is 672. The molecule has 0 unspecified atom stereocenters. The Kier molecular flexibility index (Phi) is 4.37. The third kappa shape index (κ3) is 3.28. The number of hydrogen-bond donors (Lipinski definition) is 1. The van der Waals surface area contributed by atoms with Gasteiger partial charge in [0.05, 0.1) is 6.10 Å². The number of rotatable bonds is 2. The molecule has 4 nitrogen and oxygen atoms in total. The van der Waals surface area contributed by atoms with Crippen LogP contribution in [0, 0.1) is 11.3 Å². The topological polar surface area (TPSA) is 53.4 Å². The van der Waals surface area contributed by atoms with Crippen molar-refractivity contribution in [3.63, 3.8) is 0 Å². The summed E-state index contributed by atoms with van der Waals surface area (Å²) in [7, 11) is 0. The van der Waals surface area contributed by atoms with E-state index in [9.17, 15) is 9.90 Å². The Labute approximate surface area is 157 Å². The first-order valence-corrected chi connectivity index (χ1v) is 10.2. The van der Waals surface area contributed by atoms with Crippen molar-refractivity contribution in [2.75, 3.05) is 13.1 Å². The van der Waals surface area contributed by atoms with Crippen LogP contribution in [0.2, 0.25) is 0 Å². The predicted octanol–water partition coefficient (Wildman–Crippen LogP) is 3.64. The van der Waals surface area contributed by atoms with Crippen molar-refractivity contribution in [2.24, 2.45) is 11.3 Å². The lowest BCUT2D eigenvalue weighted by Crippen LogP contribution is -2.61. The molecule has 1 spiro atoms. The molecule has 2 saturated carbocycles. The first-order valence-electron chi connectivity index (χ1n) is 10.2. The molecule has 3 aliphatic rings. The summed E-state index contributed by atoms with van der Waals surface area (Å²) in [4.78, 5) is 19.0. The third-order valence-corrected chi connectivity index (χ3v) is 6.90. The highest BCUT2D eigenvalue weighted by molar-refractivity contribution is 5.80. The summed E-state index contributed by atoms with van der Waals surface area (Å²) in [6, 6.07) is 4.50. The Morgan fingerprint density at radius 2 is 1.88 bits per heavy atom. The second-order valence-corrected chi connectivity index (χ2v) is 10.0. The van der Waals surface area contributed by atoms with Gasteiger partial charge in [-0.1, -0.05) is 20.8 Å². The quantitative estimate of drug-likeness (QED) is 0.880. The molecule has 26 heavy (non-hydrogen) atoms. The number of hydrogen-bond acceptors (Lipinski definition) is 3.